The van der Waals surface area contributed by atoms with Gasteiger partial charge in [-0.3, -0.25) is 9.59 Å². The fourth-order valence-corrected chi connectivity index (χ4v) is 2.86. The van der Waals surface area contributed by atoms with E-state index in [1.807, 2.05) is 31.2 Å². The van der Waals surface area contributed by atoms with Gasteiger partial charge in [-0.2, -0.15) is 5.10 Å². The first-order valence-electron chi connectivity index (χ1n) is 8.07. The average Bonchev–Trinajstić information content (AvgIpc) is 3.06. The number of nitrogens with zero attached hydrogens (tertiary/aromatic N) is 5. The summed E-state index contributed by atoms with van der Waals surface area (Å²) in [7, 11) is 0. The first kappa shape index (κ1) is 15.9. The molecule has 4 rings (SSSR count). The third-order valence-corrected chi connectivity index (χ3v) is 4.26. The molecule has 4 aromatic rings. The highest BCUT2D eigenvalue weighted by atomic mass is 16.4. The van der Waals surface area contributed by atoms with Crippen LogP contribution in [0.25, 0.3) is 27.8 Å². The number of hydrogen-bond donors (Lipinski definition) is 1. The van der Waals surface area contributed by atoms with E-state index in [0.717, 1.165) is 16.7 Å². The van der Waals surface area contributed by atoms with Crippen molar-refractivity contribution in [3.63, 3.8) is 0 Å². The predicted molar refractivity (Wildman–Crippen MR) is 95.0 cm³/mol. The monoisotopic (exact) mass is 349 g/mol. The second-order valence-corrected chi connectivity index (χ2v) is 6.05. The third kappa shape index (κ3) is 2.61. The maximum Gasteiger partial charge on any atom is 0.305 e. The molecule has 3 heterocycles. The standard InChI is InChI=1S/C18H15N5O3/c1-11-2-4-12(5-3-11)13-10-19-23-14-6-8-22(9-7-15(24)25)18(26)16(14)20-21-17(13)23/h2-6,8,10H,7,9H2,1H3,(H,24,25). The third-order valence-electron chi connectivity index (χ3n) is 4.26. The van der Waals surface area contributed by atoms with Crippen LogP contribution in [-0.4, -0.2) is 35.5 Å². The number of aryl methyl sites for hydroxylation is 2. The van der Waals surface area contributed by atoms with Crippen molar-refractivity contribution in [3.8, 4) is 11.1 Å². The van der Waals surface area contributed by atoms with E-state index in [4.69, 9.17) is 5.11 Å². The van der Waals surface area contributed by atoms with Gasteiger partial charge >= 0.3 is 5.97 Å². The number of hydrogen-bond acceptors (Lipinski definition) is 5. The predicted octanol–water partition coefficient (Wildman–Crippen LogP) is 1.89. The molecule has 0 fully saturated rings. The molecule has 0 unspecified atom stereocenters. The highest BCUT2D eigenvalue weighted by molar-refractivity contribution is 5.82. The number of aliphatic carboxylic acids is 1. The number of aromatic nitrogens is 5. The topological polar surface area (TPSA) is 102 Å². The van der Waals surface area contributed by atoms with E-state index >= 15 is 0 Å². The molecule has 0 saturated heterocycles. The molecule has 0 spiro atoms. The lowest BCUT2D eigenvalue weighted by atomic mass is 10.1. The number of fused-ring (bicyclic) bond motifs is 3. The zero-order valence-corrected chi connectivity index (χ0v) is 14.0. The molecule has 3 aromatic heterocycles. The Hall–Kier alpha value is -3.55. The van der Waals surface area contributed by atoms with Crippen molar-refractivity contribution in [2.75, 3.05) is 0 Å². The second-order valence-electron chi connectivity index (χ2n) is 6.05. The smallest absolute Gasteiger partial charge is 0.305 e. The fraction of sp³-hybridized carbons (Fsp3) is 0.167. The Morgan fingerprint density at radius 1 is 1.15 bits per heavy atom. The number of benzene rings is 1. The Balaban J connectivity index is 1.86. The SMILES string of the molecule is Cc1ccc(-c2cnn3c2nnc2c(=O)n(CCC(=O)O)ccc23)cc1. The Kier molecular flexibility index (Phi) is 3.72. The molecule has 26 heavy (non-hydrogen) atoms. The minimum absolute atomic E-state index is 0.0809. The van der Waals surface area contributed by atoms with Crippen LogP contribution in [0.4, 0.5) is 0 Å². The molecule has 0 bridgehead atoms. The second kappa shape index (κ2) is 6.07. The normalized spacial score (nSPS) is 11.3. The number of rotatable bonds is 4. The number of carboxylic acids is 1. The van der Waals surface area contributed by atoms with Crippen LogP contribution < -0.4 is 5.56 Å². The van der Waals surface area contributed by atoms with E-state index in [1.54, 1.807) is 23.0 Å². The van der Waals surface area contributed by atoms with Crippen molar-refractivity contribution in [1.29, 1.82) is 0 Å². The van der Waals surface area contributed by atoms with Crippen LogP contribution in [0, 0.1) is 6.92 Å². The molecule has 0 radical (unpaired) electrons. The lowest BCUT2D eigenvalue weighted by Gasteiger charge is -2.06. The summed E-state index contributed by atoms with van der Waals surface area (Å²) in [6.45, 7) is 2.10. The summed E-state index contributed by atoms with van der Waals surface area (Å²) in [6.07, 6.45) is 3.12. The van der Waals surface area contributed by atoms with Gasteiger partial charge in [0.2, 0.25) is 0 Å². The van der Waals surface area contributed by atoms with E-state index in [1.165, 1.54) is 4.57 Å². The Morgan fingerprint density at radius 3 is 2.65 bits per heavy atom. The summed E-state index contributed by atoms with van der Waals surface area (Å²) in [6, 6.07) is 9.69. The van der Waals surface area contributed by atoms with Gasteiger partial charge in [0.05, 0.1) is 12.6 Å². The average molecular weight is 349 g/mol. The van der Waals surface area contributed by atoms with Crippen LogP contribution >= 0.6 is 0 Å². The molecule has 0 aliphatic rings. The lowest BCUT2D eigenvalue weighted by molar-refractivity contribution is -0.137. The molecule has 0 aliphatic heterocycles. The highest BCUT2D eigenvalue weighted by Gasteiger charge is 2.14. The van der Waals surface area contributed by atoms with Crippen LogP contribution in [0.3, 0.4) is 0 Å². The maximum atomic E-state index is 12.5. The van der Waals surface area contributed by atoms with Crippen molar-refractivity contribution in [1.82, 2.24) is 24.4 Å². The van der Waals surface area contributed by atoms with Crippen molar-refractivity contribution in [2.45, 2.75) is 19.9 Å². The zero-order chi connectivity index (χ0) is 18.3. The van der Waals surface area contributed by atoms with Crippen LogP contribution in [-0.2, 0) is 11.3 Å². The van der Waals surface area contributed by atoms with E-state index < -0.39 is 5.97 Å². The van der Waals surface area contributed by atoms with Crippen LogP contribution in [0.5, 0.6) is 0 Å². The minimum atomic E-state index is -0.964. The molecular formula is C18H15N5O3. The van der Waals surface area contributed by atoms with Crippen molar-refractivity contribution < 1.29 is 9.90 Å². The van der Waals surface area contributed by atoms with Gasteiger partial charge in [-0.1, -0.05) is 29.8 Å². The molecular weight excluding hydrogens is 334 g/mol. The first-order valence-corrected chi connectivity index (χ1v) is 8.07. The highest BCUT2D eigenvalue weighted by Crippen LogP contribution is 2.24. The molecule has 0 saturated carbocycles. The maximum absolute atomic E-state index is 12.5. The lowest BCUT2D eigenvalue weighted by Crippen LogP contribution is -2.22. The summed E-state index contributed by atoms with van der Waals surface area (Å²) in [5.74, 6) is -0.964. The van der Waals surface area contributed by atoms with Crippen LogP contribution in [0.1, 0.15) is 12.0 Å². The zero-order valence-electron chi connectivity index (χ0n) is 14.0. The summed E-state index contributed by atoms with van der Waals surface area (Å²) in [4.78, 5) is 23.2. The van der Waals surface area contributed by atoms with Gasteiger partial charge in [0.25, 0.3) is 5.56 Å². The molecule has 0 atom stereocenters. The summed E-state index contributed by atoms with van der Waals surface area (Å²) >= 11 is 0. The molecule has 0 amide bonds. The Labute approximate surface area is 147 Å². The van der Waals surface area contributed by atoms with Gasteiger partial charge in [-0.05, 0) is 18.6 Å². The molecule has 8 heteroatoms. The van der Waals surface area contributed by atoms with Gasteiger partial charge < -0.3 is 9.67 Å². The molecule has 130 valence electrons. The molecule has 0 aliphatic carbocycles. The van der Waals surface area contributed by atoms with Gasteiger partial charge in [-0.25, -0.2) is 4.52 Å². The summed E-state index contributed by atoms with van der Waals surface area (Å²) in [5, 5.41) is 21.4. The van der Waals surface area contributed by atoms with Crippen LogP contribution in [0.2, 0.25) is 0 Å². The van der Waals surface area contributed by atoms with E-state index in [2.05, 4.69) is 15.3 Å². The largest absolute Gasteiger partial charge is 0.481 e. The quantitative estimate of drug-likeness (QED) is 0.603. The van der Waals surface area contributed by atoms with Crippen molar-refractivity contribution >= 4 is 22.6 Å². The first-order chi connectivity index (χ1) is 12.5. The van der Waals surface area contributed by atoms with E-state index in [-0.39, 0.29) is 24.0 Å². The van der Waals surface area contributed by atoms with E-state index in [9.17, 15) is 9.59 Å². The Morgan fingerprint density at radius 2 is 1.92 bits per heavy atom. The van der Waals surface area contributed by atoms with E-state index in [0.29, 0.717) is 11.2 Å². The Bertz CT molecular complexity index is 1190. The van der Waals surface area contributed by atoms with Gasteiger partial charge in [0.1, 0.15) is 5.52 Å². The van der Waals surface area contributed by atoms with Gasteiger partial charge in [0.15, 0.2) is 11.2 Å². The summed E-state index contributed by atoms with van der Waals surface area (Å²) in [5.41, 5.74) is 3.82. The van der Waals surface area contributed by atoms with Crippen molar-refractivity contribution in [3.05, 3.63) is 58.6 Å². The molecule has 1 aromatic carbocycles. The fourth-order valence-electron chi connectivity index (χ4n) is 2.86. The molecule has 8 nitrogen and oxygen atoms in total. The summed E-state index contributed by atoms with van der Waals surface area (Å²) < 4.78 is 2.90. The molecule has 1 N–H and O–H groups in total. The van der Waals surface area contributed by atoms with Crippen LogP contribution in [0.15, 0.2) is 47.5 Å². The number of pyridine rings is 1. The van der Waals surface area contributed by atoms with Gasteiger partial charge in [0, 0.05) is 18.3 Å². The minimum Gasteiger partial charge on any atom is -0.481 e. The number of carbonyl (C=O) groups is 1. The number of carboxylic acid groups (broad SMARTS) is 1. The van der Waals surface area contributed by atoms with Crippen molar-refractivity contribution in [2.24, 2.45) is 0 Å². The van der Waals surface area contributed by atoms with Gasteiger partial charge in [-0.15, -0.1) is 10.2 Å².